The number of primary amides is 1. The maximum Gasteiger partial charge on any atom is 0.432 e. The summed E-state index contributed by atoms with van der Waals surface area (Å²) < 4.78 is 23.7. The molecule has 0 aliphatic rings. The average molecular weight is 413 g/mol. The molecule has 0 aliphatic heterocycles. The van der Waals surface area contributed by atoms with Crippen molar-refractivity contribution in [3.63, 3.8) is 0 Å². The standard InChI is InChI=1S/C19H16FN5O5/c1-10(15(21)26)29-19(28)25(22)18(27)12-6-4-5-11(9-12)16-23-17(30-24-16)13-7-2-3-8-14(13)20/h2-10H,22H2,1H3,(H2,21,26). The van der Waals surface area contributed by atoms with Crippen LogP contribution in [0, 0.1) is 5.82 Å². The van der Waals surface area contributed by atoms with Gasteiger partial charge in [-0.25, -0.2) is 15.0 Å². The summed E-state index contributed by atoms with van der Waals surface area (Å²) in [6.07, 6.45) is -2.52. The first-order valence-corrected chi connectivity index (χ1v) is 8.56. The number of halogens is 1. The zero-order valence-corrected chi connectivity index (χ0v) is 15.6. The molecule has 10 nitrogen and oxygen atoms in total. The minimum atomic E-state index is -1.26. The average Bonchev–Trinajstić information content (AvgIpc) is 3.23. The molecule has 30 heavy (non-hydrogen) atoms. The van der Waals surface area contributed by atoms with Gasteiger partial charge in [-0.2, -0.15) is 9.99 Å². The van der Waals surface area contributed by atoms with Crippen LogP contribution >= 0.6 is 0 Å². The number of nitrogens with two attached hydrogens (primary N) is 2. The van der Waals surface area contributed by atoms with Crippen LogP contribution in [-0.4, -0.2) is 39.2 Å². The first-order chi connectivity index (χ1) is 14.3. The van der Waals surface area contributed by atoms with Crippen molar-refractivity contribution in [3.8, 4) is 22.8 Å². The first kappa shape index (κ1) is 20.6. The third-order valence-corrected chi connectivity index (χ3v) is 3.99. The molecule has 1 unspecified atom stereocenters. The molecule has 154 valence electrons. The van der Waals surface area contributed by atoms with E-state index in [0.29, 0.717) is 5.56 Å². The maximum atomic E-state index is 13.9. The Kier molecular flexibility index (Phi) is 5.83. The Morgan fingerprint density at radius 1 is 1.17 bits per heavy atom. The van der Waals surface area contributed by atoms with Gasteiger partial charge in [0.1, 0.15) is 5.82 Å². The number of imide groups is 1. The number of carbonyl (C=O) groups is 3. The van der Waals surface area contributed by atoms with Crippen LogP contribution in [0.4, 0.5) is 9.18 Å². The van der Waals surface area contributed by atoms with Gasteiger partial charge in [-0.15, -0.1) is 0 Å². The molecular weight excluding hydrogens is 397 g/mol. The van der Waals surface area contributed by atoms with Crippen LogP contribution in [0.15, 0.2) is 53.1 Å². The number of carbonyl (C=O) groups excluding carboxylic acids is 3. The number of amides is 3. The molecule has 1 atom stereocenters. The van der Waals surface area contributed by atoms with Gasteiger partial charge in [-0.3, -0.25) is 9.59 Å². The summed E-state index contributed by atoms with van der Waals surface area (Å²) in [5, 5.41) is 4.00. The molecule has 0 bridgehead atoms. The molecule has 3 aromatic rings. The molecule has 0 saturated heterocycles. The molecule has 3 rings (SSSR count). The number of hydrogen-bond acceptors (Lipinski definition) is 8. The summed E-state index contributed by atoms with van der Waals surface area (Å²) in [5.74, 6) is 3.22. The minimum absolute atomic E-state index is 0.0101. The maximum absolute atomic E-state index is 13.9. The third-order valence-electron chi connectivity index (χ3n) is 3.99. The van der Waals surface area contributed by atoms with Crippen molar-refractivity contribution < 1.29 is 28.0 Å². The summed E-state index contributed by atoms with van der Waals surface area (Å²) in [6.45, 7) is 1.24. The summed E-state index contributed by atoms with van der Waals surface area (Å²) in [6, 6.07) is 11.7. The smallest absolute Gasteiger partial charge is 0.432 e. The van der Waals surface area contributed by atoms with Crippen LogP contribution in [0.5, 0.6) is 0 Å². The SMILES string of the molecule is CC(OC(=O)N(N)C(=O)c1cccc(-c2noc(-c3ccccc3F)n2)c1)C(N)=O. The monoisotopic (exact) mass is 413 g/mol. The van der Waals surface area contributed by atoms with E-state index in [0.717, 1.165) is 0 Å². The number of benzene rings is 2. The lowest BCUT2D eigenvalue weighted by Gasteiger charge is -2.17. The highest BCUT2D eigenvalue weighted by Gasteiger charge is 2.25. The van der Waals surface area contributed by atoms with Crippen LogP contribution in [0.2, 0.25) is 0 Å². The van der Waals surface area contributed by atoms with E-state index in [1.54, 1.807) is 12.1 Å². The lowest BCUT2D eigenvalue weighted by molar-refractivity contribution is -0.125. The van der Waals surface area contributed by atoms with Gasteiger partial charge in [0, 0.05) is 11.1 Å². The van der Waals surface area contributed by atoms with E-state index >= 15 is 0 Å². The van der Waals surface area contributed by atoms with Gasteiger partial charge in [0.25, 0.3) is 17.7 Å². The van der Waals surface area contributed by atoms with Crippen molar-refractivity contribution in [1.29, 1.82) is 0 Å². The summed E-state index contributed by atoms with van der Waals surface area (Å²) >= 11 is 0. The van der Waals surface area contributed by atoms with E-state index < -0.39 is 29.8 Å². The summed E-state index contributed by atoms with van der Waals surface area (Å²) in [4.78, 5) is 39.5. The molecule has 1 heterocycles. The minimum Gasteiger partial charge on any atom is -0.435 e. The van der Waals surface area contributed by atoms with Crippen molar-refractivity contribution in [3.05, 3.63) is 59.9 Å². The molecule has 11 heteroatoms. The van der Waals surface area contributed by atoms with Gasteiger partial charge in [-0.05, 0) is 31.2 Å². The van der Waals surface area contributed by atoms with Crippen LogP contribution in [0.3, 0.4) is 0 Å². The number of hydrazine groups is 1. The molecule has 0 aliphatic carbocycles. The van der Waals surface area contributed by atoms with Crippen LogP contribution in [-0.2, 0) is 9.53 Å². The largest absolute Gasteiger partial charge is 0.435 e. The predicted octanol–water partition coefficient (Wildman–Crippen LogP) is 1.87. The summed E-state index contributed by atoms with van der Waals surface area (Å²) in [5.41, 5.74) is 5.50. The predicted molar refractivity (Wildman–Crippen MR) is 101 cm³/mol. The van der Waals surface area contributed by atoms with E-state index in [-0.39, 0.29) is 27.9 Å². The van der Waals surface area contributed by atoms with Crippen molar-refractivity contribution in [2.75, 3.05) is 0 Å². The molecule has 0 spiro atoms. The second-order valence-corrected chi connectivity index (χ2v) is 6.09. The molecule has 0 radical (unpaired) electrons. The van der Waals surface area contributed by atoms with Crippen LogP contribution in [0.25, 0.3) is 22.8 Å². The lowest BCUT2D eigenvalue weighted by atomic mass is 10.1. The molecule has 0 saturated carbocycles. The van der Waals surface area contributed by atoms with Gasteiger partial charge in [0.15, 0.2) is 6.10 Å². The molecule has 0 fully saturated rings. The third kappa shape index (κ3) is 4.31. The topological polar surface area (TPSA) is 155 Å². The normalized spacial score (nSPS) is 11.6. The Balaban J connectivity index is 1.81. The van der Waals surface area contributed by atoms with E-state index in [1.165, 1.54) is 43.3 Å². The van der Waals surface area contributed by atoms with E-state index in [2.05, 4.69) is 14.9 Å². The Hall–Kier alpha value is -4.12. The fourth-order valence-corrected chi connectivity index (χ4v) is 2.36. The Labute approximate surface area is 169 Å². The molecule has 1 aromatic heterocycles. The van der Waals surface area contributed by atoms with Crippen LogP contribution in [0.1, 0.15) is 17.3 Å². The summed E-state index contributed by atoms with van der Waals surface area (Å²) in [7, 11) is 0. The highest BCUT2D eigenvalue weighted by atomic mass is 19.1. The van der Waals surface area contributed by atoms with Crippen molar-refractivity contribution >= 4 is 17.9 Å². The van der Waals surface area contributed by atoms with Gasteiger partial charge in [-0.1, -0.05) is 29.4 Å². The fourth-order valence-electron chi connectivity index (χ4n) is 2.36. The van der Waals surface area contributed by atoms with Crippen molar-refractivity contribution in [2.45, 2.75) is 13.0 Å². The number of hydrogen-bond donors (Lipinski definition) is 2. The Bertz CT molecular complexity index is 1120. The molecular formula is C19H16FN5O5. The second-order valence-electron chi connectivity index (χ2n) is 6.09. The first-order valence-electron chi connectivity index (χ1n) is 8.56. The van der Waals surface area contributed by atoms with E-state index in [1.807, 2.05) is 0 Å². The highest BCUT2D eigenvalue weighted by molar-refractivity contribution is 6.03. The Morgan fingerprint density at radius 3 is 2.60 bits per heavy atom. The zero-order valence-electron chi connectivity index (χ0n) is 15.6. The Morgan fingerprint density at radius 2 is 1.90 bits per heavy atom. The van der Waals surface area contributed by atoms with E-state index in [9.17, 15) is 18.8 Å². The number of nitrogens with zero attached hydrogens (tertiary/aromatic N) is 3. The fraction of sp³-hybridized carbons (Fsp3) is 0.105. The number of rotatable bonds is 5. The quantitative estimate of drug-likeness (QED) is 0.365. The number of ether oxygens (including phenoxy) is 1. The van der Waals surface area contributed by atoms with Gasteiger partial charge < -0.3 is 15.0 Å². The highest BCUT2D eigenvalue weighted by Crippen LogP contribution is 2.25. The number of aromatic nitrogens is 2. The molecule has 4 N–H and O–H groups in total. The zero-order chi connectivity index (χ0) is 21.8. The van der Waals surface area contributed by atoms with Crippen molar-refractivity contribution in [2.24, 2.45) is 11.6 Å². The van der Waals surface area contributed by atoms with E-state index in [4.69, 9.17) is 16.1 Å². The van der Waals surface area contributed by atoms with Crippen molar-refractivity contribution in [1.82, 2.24) is 15.1 Å². The van der Waals surface area contributed by atoms with Gasteiger partial charge in [0.05, 0.1) is 5.56 Å². The van der Waals surface area contributed by atoms with Gasteiger partial charge in [0.2, 0.25) is 5.82 Å². The lowest BCUT2D eigenvalue weighted by Crippen LogP contribution is -2.45. The second kappa shape index (κ2) is 8.49. The van der Waals surface area contributed by atoms with Gasteiger partial charge >= 0.3 is 6.09 Å². The van der Waals surface area contributed by atoms with Crippen LogP contribution < -0.4 is 11.6 Å². The molecule has 2 aromatic carbocycles. The molecule has 3 amide bonds.